The topological polar surface area (TPSA) is 53.5 Å². The number of carbonyl (C=O) groups is 2. The number of likely N-dealkylation sites (N-methyl/N-ethyl adjacent to an activating group) is 1. The van der Waals surface area contributed by atoms with Crippen molar-refractivity contribution in [2.45, 2.75) is 32.2 Å². The number of amides is 2. The summed E-state index contributed by atoms with van der Waals surface area (Å²) < 4.78 is 0. The number of hydrogen-bond donors (Lipinski definition) is 0. The number of nitrogens with zero attached hydrogens (tertiary/aromatic N) is 3. The molecule has 1 aliphatic rings. The second-order valence-electron chi connectivity index (χ2n) is 6.39. The summed E-state index contributed by atoms with van der Waals surface area (Å²) in [6.07, 6.45) is 3.53. The second kappa shape index (κ2) is 8.25. The van der Waals surface area contributed by atoms with Crippen LogP contribution in [0.15, 0.2) is 35.7 Å². The van der Waals surface area contributed by atoms with Gasteiger partial charge in [0.1, 0.15) is 5.01 Å². The number of likely N-dealkylation sites (tertiary alicyclic amines) is 1. The number of thiazole rings is 1. The summed E-state index contributed by atoms with van der Waals surface area (Å²) in [4.78, 5) is 32.5. The van der Waals surface area contributed by atoms with Crippen molar-refractivity contribution in [3.63, 3.8) is 0 Å². The molecule has 0 unspecified atom stereocenters. The van der Waals surface area contributed by atoms with E-state index in [9.17, 15) is 9.59 Å². The third kappa shape index (κ3) is 4.66. The lowest BCUT2D eigenvalue weighted by molar-refractivity contribution is -0.139. The van der Waals surface area contributed by atoms with Gasteiger partial charge in [-0.1, -0.05) is 36.8 Å². The predicted molar refractivity (Wildman–Crippen MR) is 99.1 cm³/mol. The first-order chi connectivity index (χ1) is 12.1. The SMILES string of the molecule is CN(Cc1csc(-c2ccccc2)n1)C(=O)CN1CCCCCC1=O. The molecule has 5 nitrogen and oxygen atoms in total. The van der Waals surface area contributed by atoms with E-state index in [-0.39, 0.29) is 18.4 Å². The lowest BCUT2D eigenvalue weighted by Gasteiger charge is -2.23. The van der Waals surface area contributed by atoms with E-state index in [4.69, 9.17) is 0 Å². The second-order valence-corrected chi connectivity index (χ2v) is 7.24. The van der Waals surface area contributed by atoms with Gasteiger partial charge in [0.15, 0.2) is 0 Å². The summed E-state index contributed by atoms with van der Waals surface area (Å²) >= 11 is 1.58. The molecule has 1 aromatic heterocycles. The first-order valence-corrected chi connectivity index (χ1v) is 9.53. The molecule has 0 atom stereocenters. The number of aromatic nitrogens is 1. The van der Waals surface area contributed by atoms with Gasteiger partial charge in [-0.05, 0) is 12.8 Å². The van der Waals surface area contributed by atoms with Gasteiger partial charge in [0, 0.05) is 31.0 Å². The minimum atomic E-state index is -0.0375. The van der Waals surface area contributed by atoms with Crippen molar-refractivity contribution in [3.8, 4) is 10.6 Å². The molecule has 0 aliphatic carbocycles. The molecule has 1 aliphatic heterocycles. The van der Waals surface area contributed by atoms with E-state index in [0.29, 0.717) is 19.5 Å². The van der Waals surface area contributed by atoms with Crippen molar-refractivity contribution >= 4 is 23.2 Å². The van der Waals surface area contributed by atoms with E-state index >= 15 is 0 Å². The highest BCUT2D eigenvalue weighted by molar-refractivity contribution is 7.13. The van der Waals surface area contributed by atoms with Crippen molar-refractivity contribution in [2.24, 2.45) is 0 Å². The quantitative estimate of drug-likeness (QED) is 0.826. The normalized spacial score (nSPS) is 15.1. The Morgan fingerprint density at radius 1 is 1.24 bits per heavy atom. The molecular weight excluding hydrogens is 334 g/mol. The van der Waals surface area contributed by atoms with Crippen LogP contribution in [0, 0.1) is 0 Å². The highest BCUT2D eigenvalue weighted by atomic mass is 32.1. The van der Waals surface area contributed by atoms with E-state index in [1.54, 1.807) is 28.2 Å². The minimum absolute atomic E-state index is 0.0375. The van der Waals surface area contributed by atoms with E-state index in [0.717, 1.165) is 35.5 Å². The average molecular weight is 357 g/mol. The zero-order chi connectivity index (χ0) is 17.6. The molecule has 2 aromatic rings. The molecule has 0 saturated carbocycles. The molecule has 0 bridgehead atoms. The van der Waals surface area contributed by atoms with Crippen molar-refractivity contribution in [2.75, 3.05) is 20.1 Å². The Bertz CT molecular complexity index is 729. The molecule has 2 amide bonds. The van der Waals surface area contributed by atoms with Crippen molar-refractivity contribution in [1.29, 1.82) is 0 Å². The van der Waals surface area contributed by atoms with Crippen molar-refractivity contribution in [1.82, 2.24) is 14.8 Å². The maximum atomic E-state index is 12.5. The van der Waals surface area contributed by atoms with Gasteiger partial charge in [-0.25, -0.2) is 4.98 Å². The molecule has 1 aromatic carbocycles. The molecule has 0 radical (unpaired) electrons. The van der Waals surface area contributed by atoms with Crippen LogP contribution in [0.25, 0.3) is 10.6 Å². The molecule has 6 heteroatoms. The van der Waals surface area contributed by atoms with Crippen LogP contribution in [0.4, 0.5) is 0 Å². The minimum Gasteiger partial charge on any atom is -0.338 e. The van der Waals surface area contributed by atoms with Crippen LogP contribution in [0.3, 0.4) is 0 Å². The van der Waals surface area contributed by atoms with Crippen LogP contribution >= 0.6 is 11.3 Å². The Morgan fingerprint density at radius 2 is 2.04 bits per heavy atom. The monoisotopic (exact) mass is 357 g/mol. The molecule has 3 rings (SSSR count). The van der Waals surface area contributed by atoms with Gasteiger partial charge in [-0.3, -0.25) is 9.59 Å². The molecule has 0 N–H and O–H groups in total. The zero-order valence-corrected chi connectivity index (χ0v) is 15.3. The van der Waals surface area contributed by atoms with Gasteiger partial charge in [-0.2, -0.15) is 0 Å². The van der Waals surface area contributed by atoms with E-state index in [2.05, 4.69) is 4.98 Å². The first kappa shape index (κ1) is 17.6. The lowest BCUT2D eigenvalue weighted by Crippen LogP contribution is -2.41. The standard InChI is InChI=1S/C19H23N3O2S/c1-21(18(24)13-22-11-7-3-6-10-17(22)23)12-16-14-25-19(20-16)15-8-4-2-5-9-15/h2,4-5,8-9,14H,3,6-7,10-13H2,1H3. The summed E-state index contributed by atoms with van der Waals surface area (Å²) in [5, 5.41) is 2.95. The van der Waals surface area contributed by atoms with E-state index in [1.165, 1.54) is 0 Å². The Labute approximate surface area is 152 Å². The number of carbonyl (C=O) groups excluding carboxylic acids is 2. The summed E-state index contributed by atoms with van der Waals surface area (Å²) in [5.41, 5.74) is 1.96. The summed E-state index contributed by atoms with van der Waals surface area (Å²) in [5.74, 6) is 0.0591. The highest BCUT2D eigenvalue weighted by Crippen LogP contribution is 2.23. The molecule has 1 fully saturated rings. The van der Waals surface area contributed by atoms with Gasteiger partial charge in [0.25, 0.3) is 0 Å². The largest absolute Gasteiger partial charge is 0.338 e. The Balaban J connectivity index is 1.58. The Kier molecular flexibility index (Phi) is 5.81. The van der Waals surface area contributed by atoms with Crippen LogP contribution in [0.2, 0.25) is 0 Å². The van der Waals surface area contributed by atoms with Crippen molar-refractivity contribution < 1.29 is 9.59 Å². The third-order valence-corrected chi connectivity index (χ3v) is 5.34. The summed E-state index contributed by atoms with van der Waals surface area (Å²) in [7, 11) is 1.77. The van der Waals surface area contributed by atoms with Crippen LogP contribution < -0.4 is 0 Å². The summed E-state index contributed by atoms with van der Waals surface area (Å²) in [6.45, 7) is 1.32. The van der Waals surface area contributed by atoms with Gasteiger partial charge in [0.05, 0.1) is 18.8 Å². The fourth-order valence-corrected chi connectivity index (χ4v) is 3.73. The fourth-order valence-electron chi connectivity index (χ4n) is 2.91. The van der Waals surface area contributed by atoms with Crippen LogP contribution in [0.1, 0.15) is 31.4 Å². The molecule has 2 heterocycles. The number of rotatable bonds is 5. The van der Waals surface area contributed by atoms with Crippen LogP contribution in [0.5, 0.6) is 0 Å². The van der Waals surface area contributed by atoms with E-state index in [1.807, 2.05) is 35.7 Å². The van der Waals surface area contributed by atoms with Gasteiger partial charge in [-0.15, -0.1) is 11.3 Å². The maximum absolute atomic E-state index is 12.5. The number of hydrogen-bond acceptors (Lipinski definition) is 4. The zero-order valence-electron chi connectivity index (χ0n) is 14.5. The lowest BCUT2D eigenvalue weighted by atomic mass is 10.2. The molecule has 1 saturated heterocycles. The van der Waals surface area contributed by atoms with Crippen LogP contribution in [-0.2, 0) is 16.1 Å². The molecule has 25 heavy (non-hydrogen) atoms. The fraction of sp³-hybridized carbons (Fsp3) is 0.421. The summed E-state index contributed by atoms with van der Waals surface area (Å²) in [6, 6.07) is 10.0. The van der Waals surface area contributed by atoms with Gasteiger partial charge >= 0.3 is 0 Å². The maximum Gasteiger partial charge on any atom is 0.242 e. The smallest absolute Gasteiger partial charge is 0.242 e. The van der Waals surface area contributed by atoms with Gasteiger partial charge < -0.3 is 9.80 Å². The average Bonchev–Trinajstić information content (AvgIpc) is 3.00. The van der Waals surface area contributed by atoms with Crippen LogP contribution in [-0.4, -0.2) is 46.7 Å². The molecular formula is C19H23N3O2S. The first-order valence-electron chi connectivity index (χ1n) is 8.65. The molecule has 0 spiro atoms. The predicted octanol–water partition coefficient (Wildman–Crippen LogP) is 3.17. The third-order valence-electron chi connectivity index (χ3n) is 4.39. The Morgan fingerprint density at radius 3 is 2.84 bits per heavy atom. The highest BCUT2D eigenvalue weighted by Gasteiger charge is 2.21. The van der Waals surface area contributed by atoms with Gasteiger partial charge in [0.2, 0.25) is 11.8 Å². The van der Waals surface area contributed by atoms with E-state index < -0.39 is 0 Å². The Hall–Kier alpha value is -2.21. The van der Waals surface area contributed by atoms with Crippen molar-refractivity contribution in [3.05, 3.63) is 41.4 Å². The number of benzene rings is 1. The molecule has 132 valence electrons.